The van der Waals surface area contributed by atoms with Crippen LogP contribution in [0.2, 0.25) is 0 Å². The summed E-state index contributed by atoms with van der Waals surface area (Å²) >= 11 is 1.72. The number of aliphatic hydroxyl groups is 1. The van der Waals surface area contributed by atoms with Crippen molar-refractivity contribution in [1.29, 1.82) is 0 Å². The number of thiophene rings is 1. The van der Waals surface area contributed by atoms with Crippen molar-refractivity contribution in [3.63, 3.8) is 0 Å². The molecule has 0 saturated carbocycles. The molecule has 1 heterocycles. The zero-order chi connectivity index (χ0) is 13.3. The van der Waals surface area contributed by atoms with Gasteiger partial charge in [0.05, 0.1) is 12.7 Å². The highest BCUT2D eigenvalue weighted by atomic mass is 32.1. The first-order valence-electron chi connectivity index (χ1n) is 6.59. The van der Waals surface area contributed by atoms with Crippen LogP contribution in [-0.2, 0) is 19.3 Å². The van der Waals surface area contributed by atoms with E-state index in [0.717, 1.165) is 31.4 Å². The van der Waals surface area contributed by atoms with Gasteiger partial charge in [-0.15, -0.1) is 11.3 Å². The van der Waals surface area contributed by atoms with E-state index in [4.69, 9.17) is 4.74 Å². The van der Waals surface area contributed by atoms with Gasteiger partial charge in [-0.25, -0.2) is 0 Å². The lowest BCUT2D eigenvalue weighted by Crippen LogP contribution is -2.37. The fourth-order valence-electron chi connectivity index (χ4n) is 2.84. The second-order valence-corrected chi connectivity index (χ2v) is 6.32. The van der Waals surface area contributed by atoms with Crippen molar-refractivity contribution >= 4 is 11.3 Å². The Bertz CT molecular complexity index is 562. The number of ether oxygens (including phenoxy) is 1. The fraction of sp³-hybridized carbons (Fsp3) is 0.375. The standard InChI is InChI=1S/C16H18O2S/c1-18-14-5-4-12-6-7-16(17,10-13(12)9-14)11-15-3-2-8-19-15/h2-5,8-9,17H,6-7,10-11H2,1H3. The average Bonchev–Trinajstić information content (AvgIpc) is 2.90. The van der Waals surface area contributed by atoms with Crippen LogP contribution in [0.4, 0.5) is 0 Å². The normalized spacial score (nSPS) is 22.0. The molecule has 0 radical (unpaired) electrons. The molecule has 0 fully saturated rings. The predicted octanol–water partition coefficient (Wildman–Crippen LogP) is 3.22. The van der Waals surface area contributed by atoms with Crippen molar-refractivity contribution in [2.75, 3.05) is 7.11 Å². The first kappa shape index (κ1) is 12.7. The summed E-state index contributed by atoms with van der Waals surface area (Å²) < 4.78 is 5.27. The van der Waals surface area contributed by atoms with E-state index in [0.29, 0.717) is 0 Å². The van der Waals surface area contributed by atoms with Crippen LogP contribution in [0, 0.1) is 0 Å². The Labute approximate surface area is 117 Å². The minimum Gasteiger partial charge on any atom is -0.497 e. The smallest absolute Gasteiger partial charge is 0.119 e. The number of aryl methyl sites for hydroxylation is 1. The maximum Gasteiger partial charge on any atom is 0.119 e. The molecule has 1 aromatic heterocycles. The molecular weight excluding hydrogens is 256 g/mol. The maximum atomic E-state index is 10.8. The van der Waals surface area contributed by atoms with Gasteiger partial charge in [-0.1, -0.05) is 12.1 Å². The lowest BCUT2D eigenvalue weighted by atomic mass is 9.78. The third-order valence-corrected chi connectivity index (χ3v) is 4.75. The molecule has 1 aromatic carbocycles. The monoisotopic (exact) mass is 274 g/mol. The molecule has 1 aliphatic rings. The molecular formula is C16H18O2S. The molecule has 0 amide bonds. The van der Waals surface area contributed by atoms with E-state index in [1.165, 1.54) is 16.0 Å². The highest BCUT2D eigenvalue weighted by molar-refractivity contribution is 7.09. The maximum absolute atomic E-state index is 10.8. The lowest BCUT2D eigenvalue weighted by molar-refractivity contribution is 0.0274. The Kier molecular flexibility index (Phi) is 3.33. The molecule has 0 bridgehead atoms. The molecule has 0 saturated heterocycles. The number of rotatable bonds is 3. The molecule has 3 heteroatoms. The SMILES string of the molecule is COc1ccc2c(c1)CC(O)(Cc1cccs1)CC2. The zero-order valence-corrected chi connectivity index (χ0v) is 11.9. The van der Waals surface area contributed by atoms with Gasteiger partial charge >= 0.3 is 0 Å². The predicted molar refractivity (Wildman–Crippen MR) is 78.0 cm³/mol. The number of benzene rings is 1. The third-order valence-electron chi connectivity index (χ3n) is 3.88. The van der Waals surface area contributed by atoms with Gasteiger partial charge in [0.25, 0.3) is 0 Å². The molecule has 2 nitrogen and oxygen atoms in total. The number of methoxy groups -OCH3 is 1. The molecule has 0 spiro atoms. The van der Waals surface area contributed by atoms with E-state index in [1.54, 1.807) is 18.4 Å². The minimum atomic E-state index is -0.607. The molecule has 1 N–H and O–H groups in total. The van der Waals surface area contributed by atoms with Crippen LogP contribution in [0.15, 0.2) is 35.7 Å². The van der Waals surface area contributed by atoms with E-state index >= 15 is 0 Å². The lowest BCUT2D eigenvalue weighted by Gasteiger charge is -2.33. The van der Waals surface area contributed by atoms with Crippen molar-refractivity contribution in [2.24, 2.45) is 0 Å². The third kappa shape index (κ3) is 2.67. The molecule has 100 valence electrons. The largest absolute Gasteiger partial charge is 0.497 e. The van der Waals surface area contributed by atoms with Gasteiger partial charge in [0.2, 0.25) is 0 Å². The van der Waals surface area contributed by atoms with Gasteiger partial charge < -0.3 is 9.84 Å². The first-order valence-corrected chi connectivity index (χ1v) is 7.47. The van der Waals surface area contributed by atoms with Crippen LogP contribution < -0.4 is 4.74 Å². The zero-order valence-electron chi connectivity index (χ0n) is 11.1. The summed E-state index contributed by atoms with van der Waals surface area (Å²) in [6, 6.07) is 10.3. The highest BCUT2D eigenvalue weighted by Gasteiger charge is 2.32. The van der Waals surface area contributed by atoms with Gasteiger partial charge in [-0.05, 0) is 47.5 Å². The quantitative estimate of drug-likeness (QED) is 0.931. The number of fused-ring (bicyclic) bond motifs is 1. The van der Waals surface area contributed by atoms with E-state index in [9.17, 15) is 5.11 Å². The number of hydrogen-bond donors (Lipinski definition) is 1. The Hall–Kier alpha value is -1.32. The number of hydrogen-bond acceptors (Lipinski definition) is 3. The molecule has 2 aromatic rings. The van der Waals surface area contributed by atoms with E-state index in [1.807, 2.05) is 12.1 Å². The first-order chi connectivity index (χ1) is 9.18. The van der Waals surface area contributed by atoms with Gasteiger partial charge in [-0.2, -0.15) is 0 Å². The van der Waals surface area contributed by atoms with Crippen molar-refractivity contribution in [1.82, 2.24) is 0 Å². The second-order valence-electron chi connectivity index (χ2n) is 5.29. The van der Waals surface area contributed by atoms with Crippen LogP contribution in [-0.4, -0.2) is 17.8 Å². The highest BCUT2D eigenvalue weighted by Crippen LogP contribution is 2.34. The summed E-state index contributed by atoms with van der Waals surface area (Å²) in [6.45, 7) is 0. The van der Waals surface area contributed by atoms with E-state index in [-0.39, 0.29) is 0 Å². The van der Waals surface area contributed by atoms with Crippen molar-refractivity contribution in [2.45, 2.75) is 31.3 Å². The Morgan fingerprint density at radius 1 is 1.32 bits per heavy atom. The Morgan fingerprint density at radius 2 is 2.21 bits per heavy atom. The summed E-state index contributed by atoms with van der Waals surface area (Å²) in [7, 11) is 1.68. The van der Waals surface area contributed by atoms with Gasteiger partial charge in [-0.3, -0.25) is 0 Å². The van der Waals surface area contributed by atoms with Crippen LogP contribution in [0.3, 0.4) is 0 Å². The van der Waals surface area contributed by atoms with Crippen molar-refractivity contribution in [3.8, 4) is 5.75 Å². The summed E-state index contributed by atoms with van der Waals surface area (Å²) in [6.07, 6.45) is 3.25. The molecule has 0 aliphatic heterocycles. The van der Waals surface area contributed by atoms with Crippen molar-refractivity contribution < 1.29 is 9.84 Å². The van der Waals surface area contributed by atoms with Gasteiger partial charge in [0, 0.05) is 17.7 Å². The van der Waals surface area contributed by atoms with E-state index in [2.05, 4.69) is 23.6 Å². The molecule has 1 unspecified atom stereocenters. The van der Waals surface area contributed by atoms with Crippen molar-refractivity contribution in [3.05, 3.63) is 51.7 Å². The van der Waals surface area contributed by atoms with E-state index < -0.39 is 5.60 Å². The average molecular weight is 274 g/mol. The summed E-state index contributed by atoms with van der Waals surface area (Å²) in [5, 5.41) is 12.9. The summed E-state index contributed by atoms with van der Waals surface area (Å²) in [5.41, 5.74) is 1.96. The van der Waals surface area contributed by atoms with Crippen LogP contribution in [0.5, 0.6) is 5.75 Å². The van der Waals surface area contributed by atoms with Gasteiger partial charge in [0.1, 0.15) is 5.75 Å². The summed E-state index contributed by atoms with van der Waals surface area (Å²) in [4.78, 5) is 1.26. The minimum absolute atomic E-state index is 0.607. The molecule has 1 atom stereocenters. The molecule has 3 rings (SSSR count). The van der Waals surface area contributed by atoms with Crippen LogP contribution >= 0.6 is 11.3 Å². The molecule has 1 aliphatic carbocycles. The fourth-order valence-corrected chi connectivity index (χ4v) is 3.68. The van der Waals surface area contributed by atoms with Crippen LogP contribution in [0.1, 0.15) is 22.4 Å². The Balaban J connectivity index is 1.83. The Morgan fingerprint density at radius 3 is 2.95 bits per heavy atom. The second kappa shape index (κ2) is 4.99. The topological polar surface area (TPSA) is 29.5 Å². The van der Waals surface area contributed by atoms with Crippen LogP contribution in [0.25, 0.3) is 0 Å². The summed E-state index contributed by atoms with van der Waals surface area (Å²) in [5.74, 6) is 0.874. The van der Waals surface area contributed by atoms with Gasteiger partial charge in [0.15, 0.2) is 0 Å². The molecule has 19 heavy (non-hydrogen) atoms.